The van der Waals surface area contributed by atoms with E-state index in [0.29, 0.717) is 6.54 Å². The summed E-state index contributed by atoms with van der Waals surface area (Å²) in [5, 5.41) is 0. The molecule has 0 unspecified atom stereocenters. The molecular weight excluding hydrogens is 172 g/mol. The quantitative estimate of drug-likeness (QED) is 0.789. The van der Waals surface area contributed by atoms with Crippen LogP contribution in [0.2, 0.25) is 0 Å². The summed E-state index contributed by atoms with van der Waals surface area (Å²) in [5.74, 6) is 0.890. The van der Waals surface area contributed by atoms with Crippen LogP contribution in [-0.4, -0.2) is 13.1 Å². The van der Waals surface area contributed by atoms with Crippen molar-refractivity contribution in [2.75, 3.05) is 18.0 Å². The standard InChI is InChI=1S/C12H18N2/c1-2-10-8-14(9-10)12-6-4-3-5-11(12)7-13/h3-6,10H,2,7-9,13H2,1H3. The topological polar surface area (TPSA) is 29.3 Å². The molecular formula is C12H18N2. The molecule has 2 rings (SSSR count). The Kier molecular flexibility index (Phi) is 2.73. The van der Waals surface area contributed by atoms with Gasteiger partial charge in [-0.3, -0.25) is 0 Å². The fraction of sp³-hybridized carbons (Fsp3) is 0.500. The van der Waals surface area contributed by atoms with Crippen molar-refractivity contribution < 1.29 is 0 Å². The first-order chi connectivity index (χ1) is 6.85. The lowest BCUT2D eigenvalue weighted by Gasteiger charge is -2.41. The molecule has 0 amide bonds. The number of nitrogens with zero attached hydrogens (tertiary/aromatic N) is 1. The van der Waals surface area contributed by atoms with E-state index in [1.807, 2.05) is 0 Å². The van der Waals surface area contributed by atoms with Crippen LogP contribution in [0.1, 0.15) is 18.9 Å². The Bertz CT molecular complexity index is 303. The summed E-state index contributed by atoms with van der Waals surface area (Å²) in [5.41, 5.74) is 8.31. The maximum Gasteiger partial charge on any atom is 0.0411 e. The van der Waals surface area contributed by atoms with Crippen LogP contribution in [0.3, 0.4) is 0 Å². The van der Waals surface area contributed by atoms with E-state index in [1.54, 1.807) is 0 Å². The zero-order chi connectivity index (χ0) is 9.97. The molecule has 1 heterocycles. The molecule has 0 radical (unpaired) electrons. The van der Waals surface area contributed by atoms with Gasteiger partial charge >= 0.3 is 0 Å². The van der Waals surface area contributed by atoms with Crippen LogP contribution >= 0.6 is 0 Å². The lowest BCUT2D eigenvalue weighted by atomic mass is 9.95. The minimum atomic E-state index is 0.642. The molecule has 0 spiro atoms. The zero-order valence-electron chi connectivity index (χ0n) is 8.74. The number of anilines is 1. The van der Waals surface area contributed by atoms with Gasteiger partial charge in [-0.05, 0) is 24.0 Å². The number of benzene rings is 1. The summed E-state index contributed by atoms with van der Waals surface area (Å²) in [4.78, 5) is 2.43. The lowest BCUT2D eigenvalue weighted by molar-refractivity contribution is 0.398. The molecule has 0 atom stereocenters. The van der Waals surface area contributed by atoms with E-state index in [4.69, 9.17) is 5.73 Å². The van der Waals surface area contributed by atoms with Crippen molar-refractivity contribution in [2.45, 2.75) is 19.9 Å². The van der Waals surface area contributed by atoms with Crippen molar-refractivity contribution in [3.8, 4) is 0 Å². The van der Waals surface area contributed by atoms with Gasteiger partial charge in [0.1, 0.15) is 0 Å². The fourth-order valence-electron chi connectivity index (χ4n) is 2.02. The molecule has 2 N–H and O–H groups in total. The number of rotatable bonds is 3. The Balaban J connectivity index is 2.10. The van der Waals surface area contributed by atoms with E-state index in [9.17, 15) is 0 Å². The molecule has 1 aliphatic rings. The van der Waals surface area contributed by atoms with Crippen molar-refractivity contribution in [3.05, 3.63) is 29.8 Å². The van der Waals surface area contributed by atoms with E-state index in [1.165, 1.54) is 30.8 Å². The summed E-state index contributed by atoms with van der Waals surface area (Å²) in [7, 11) is 0. The summed E-state index contributed by atoms with van der Waals surface area (Å²) in [6, 6.07) is 8.44. The van der Waals surface area contributed by atoms with Crippen LogP contribution in [0.5, 0.6) is 0 Å². The van der Waals surface area contributed by atoms with Gasteiger partial charge in [0.05, 0.1) is 0 Å². The maximum absolute atomic E-state index is 5.71. The molecule has 0 saturated carbocycles. The monoisotopic (exact) mass is 190 g/mol. The van der Waals surface area contributed by atoms with E-state index in [-0.39, 0.29) is 0 Å². The molecule has 1 fully saturated rings. The molecule has 0 aliphatic carbocycles. The predicted molar refractivity (Wildman–Crippen MR) is 60.3 cm³/mol. The first-order valence-corrected chi connectivity index (χ1v) is 5.38. The lowest BCUT2D eigenvalue weighted by Crippen LogP contribution is -2.46. The van der Waals surface area contributed by atoms with E-state index >= 15 is 0 Å². The van der Waals surface area contributed by atoms with Gasteiger partial charge < -0.3 is 10.6 Å². The average molecular weight is 190 g/mol. The molecule has 0 aromatic heterocycles. The predicted octanol–water partition coefficient (Wildman–Crippen LogP) is 1.99. The highest BCUT2D eigenvalue weighted by Crippen LogP contribution is 2.28. The normalized spacial score (nSPS) is 16.9. The van der Waals surface area contributed by atoms with Crippen LogP contribution < -0.4 is 10.6 Å². The number of para-hydroxylation sites is 1. The van der Waals surface area contributed by atoms with Gasteiger partial charge in [-0.1, -0.05) is 25.1 Å². The van der Waals surface area contributed by atoms with Crippen molar-refractivity contribution in [1.82, 2.24) is 0 Å². The number of hydrogen-bond donors (Lipinski definition) is 1. The molecule has 0 bridgehead atoms. The van der Waals surface area contributed by atoms with E-state index in [2.05, 4.69) is 36.1 Å². The van der Waals surface area contributed by atoms with Crippen LogP contribution in [0.25, 0.3) is 0 Å². The molecule has 2 nitrogen and oxygen atoms in total. The van der Waals surface area contributed by atoms with E-state index < -0.39 is 0 Å². The fourth-order valence-corrected chi connectivity index (χ4v) is 2.02. The van der Waals surface area contributed by atoms with Crippen molar-refractivity contribution in [2.24, 2.45) is 11.7 Å². The second-order valence-corrected chi connectivity index (χ2v) is 4.01. The Morgan fingerprint density at radius 2 is 2.07 bits per heavy atom. The van der Waals surface area contributed by atoms with Gasteiger partial charge in [0.15, 0.2) is 0 Å². The van der Waals surface area contributed by atoms with Gasteiger partial charge in [-0.25, -0.2) is 0 Å². The smallest absolute Gasteiger partial charge is 0.0411 e. The van der Waals surface area contributed by atoms with Gasteiger partial charge in [-0.2, -0.15) is 0 Å². The van der Waals surface area contributed by atoms with Crippen LogP contribution in [0.15, 0.2) is 24.3 Å². The third kappa shape index (κ3) is 1.62. The van der Waals surface area contributed by atoms with Gasteiger partial charge in [0.2, 0.25) is 0 Å². The minimum Gasteiger partial charge on any atom is -0.371 e. The first kappa shape index (κ1) is 9.53. The molecule has 1 saturated heterocycles. The average Bonchev–Trinajstić information content (AvgIpc) is 2.17. The van der Waals surface area contributed by atoms with Crippen molar-refractivity contribution >= 4 is 5.69 Å². The summed E-state index contributed by atoms with van der Waals surface area (Å²) in [6.45, 7) is 5.31. The van der Waals surface area contributed by atoms with Crippen LogP contribution in [-0.2, 0) is 6.54 Å². The zero-order valence-corrected chi connectivity index (χ0v) is 8.74. The number of hydrogen-bond acceptors (Lipinski definition) is 2. The van der Waals surface area contributed by atoms with Crippen molar-refractivity contribution in [1.29, 1.82) is 0 Å². The molecule has 14 heavy (non-hydrogen) atoms. The summed E-state index contributed by atoms with van der Waals surface area (Å²) in [6.07, 6.45) is 1.29. The molecule has 76 valence electrons. The van der Waals surface area contributed by atoms with E-state index in [0.717, 1.165) is 5.92 Å². The van der Waals surface area contributed by atoms with Gasteiger partial charge in [-0.15, -0.1) is 0 Å². The van der Waals surface area contributed by atoms with Crippen molar-refractivity contribution in [3.63, 3.8) is 0 Å². The second-order valence-electron chi connectivity index (χ2n) is 4.01. The minimum absolute atomic E-state index is 0.642. The highest BCUT2D eigenvalue weighted by atomic mass is 15.2. The Morgan fingerprint density at radius 1 is 1.36 bits per heavy atom. The number of nitrogens with two attached hydrogens (primary N) is 1. The second kappa shape index (κ2) is 4.01. The Labute approximate surface area is 85.7 Å². The molecule has 2 heteroatoms. The molecule has 1 aromatic carbocycles. The van der Waals surface area contributed by atoms with Crippen LogP contribution in [0, 0.1) is 5.92 Å². The van der Waals surface area contributed by atoms with Gasteiger partial charge in [0, 0.05) is 25.3 Å². The highest BCUT2D eigenvalue weighted by Gasteiger charge is 2.25. The van der Waals surface area contributed by atoms with Crippen LogP contribution in [0.4, 0.5) is 5.69 Å². The highest BCUT2D eigenvalue weighted by molar-refractivity contribution is 5.55. The Morgan fingerprint density at radius 3 is 2.71 bits per heavy atom. The molecule has 1 aromatic rings. The van der Waals surface area contributed by atoms with Gasteiger partial charge in [0.25, 0.3) is 0 Å². The third-order valence-electron chi connectivity index (χ3n) is 3.09. The first-order valence-electron chi connectivity index (χ1n) is 5.38. The Hall–Kier alpha value is -1.02. The summed E-state index contributed by atoms with van der Waals surface area (Å²) >= 11 is 0. The molecule has 1 aliphatic heterocycles. The SMILES string of the molecule is CCC1CN(c2ccccc2CN)C1. The largest absolute Gasteiger partial charge is 0.371 e. The third-order valence-corrected chi connectivity index (χ3v) is 3.09. The maximum atomic E-state index is 5.71. The summed E-state index contributed by atoms with van der Waals surface area (Å²) < 4.78 is 0.